The summed E-state index contributed by atoms with van der Waals surface area (Å²) in [5.41, 5.74) is 5.59. The Bertz CT molecular complexity index is 370. The van der Waals surface area contributed by atoms with Crippen LogP contribution in [0.1, 0.15) is 5.56 Å². The molecule has 15 heavy (non-hydrogen) atoms. The average Bonchev–Trinajstić information content (AvgIpc) is 2.11. The largest absolute Gasteiger partial charge is 0.574 e. The van der Waals surface area contributed by atoms with Crippen molar-refractivity contribution >= 4 is 23.2 Å². The van der Waals surface area contributed by atoms with E-state index in [1.807, 2.05) is 0 Å². The van der Waals surface area contributed by atoms with Gasteiger partial charge in [-0.25, -0.2) is 4.98 Å². The van der Waals surface area contributed by atoms with E-state index in [1.54, 1.807) is 0 Å². The molecule has 0 fully saturated rings. The molecular weight excluding hydrogens is 256 g/mol. The molecule has 0 saturated heterocycles. The van der Waals surface area contributed by atoms with Gasteiger partial charge >= 0.3 is 6.36 Å². The van der Waals surface area contributed by atoms with Gasteiger partial charge < -0.3 is 10.5 Å². The molecule has 0 aliphatic heterocycles. The maximum Gasteiger partial charge on any atom is 0.574 e. The predicted octanol–water partition coefficient (Wildman–Crippen LogP) is 2.75. The molecule has 0 saturated carbocycles. The lowest BCUT2D eigenvalue weighted by molar-refractivity contribution is -0.276. The van der Waals surface area contributed by atoms with Crippen molar-refractivity contribution in [1.29, 1.82) is 0 Å². The highest BCUT2D eigenvalue weighted by atomic mass is 35.5. The van der Waals surface area contributed by atoms with Crippen molar-refractivity contribution in [2.45, 2.75) is 12.9 Å². The molecule has 0 bridgehead atoms. The first kappa shape index (κ1) is 12.4. The van der Waals surface area contributed by atoms with Crippen LogP contribution < -0.4 is 10.5 Å². The summed E-state index contributed by atoms with van der Waals surface area (Å²) < 4.78 is 39.1. The number of pyridine rings is 1. The quantitative estimate of drug-likeness (QED) is 0.890. The molecule has 0 aliphatic rings. The van der Waals surface area contributed by atoms with E-state index in [0.29, 0.717) is 5.56 Å². The third-order valence-electron chi connectivity index (χ3n) is 1.43. The van der Waals surface area contributed by atoms with E-state index in [2.05, 4.69) is 9.72 Å². The monoisotopic (exact) mass is 260 g/mol. The van der Waals surface area contributed by atoms with Crippen LogP contribution in [-0.2, 0) is 6.54 Å². The second-order valence-corrected chi connectivity index (χ2v) is 3.22. The summed E-state index contributed by atoms with van der Waals surface area (Å²) in [7, 11) is 0. The molecule has 0 spiro atoms. The Morgan fingerprint density at radius 1 is 1.33 bits per heavy atom. The molecule has 1 aromatic rings. The third kappa shape index (κ3) is 3.12. The van der Waals surface area contributed by atoms with Gasteiger partial charge in [0.15, 0.2) is 0 Å². The topological polar surface area (TPSA) is 48.1 Å². The van der Waals surface area contributed by atoms with Gasteiger partial charge in [-0.3, -0.25) is 0 Å². The van der Waals surface area contributed by atoms with Crippen LogP contribution in [0, 0.1) is 0 Å². The minimum absolute atomic E-state index is 0.0256. The number of halogens is 5. The Kier molecular flexibility index (Phi) is 3.64. The van der Waals surface area contributed by atoms with Gasteiger partial charge in [0.2, 0.25) is 5.88 Å². The molecule has 2 N–H and O–H groups in total. The SMILES string of the molecule is NCc1cnc(OC(F)(F)F)c(Cl)c1Cl. The molecule has 0 amide bonds. The van der Waals surface area contributed by atoms with Gasteiger partial charge in [-0.05, 0) is 0 Å². The van der Waals surface area contributed by atoms with Crippen molar-refractivity contribution in [2.24, 2.45) is 5.73 Å². The lowest BCUT2D eigenvalue weighted by atomic mass is 10.3. The number of rotatable bonds is 2. The maximum absolute atomic E-state index is 11.8. The zero-order valence-electron chi connectivity index (χ0n) is 7.11. The summed E-state index contributed by atoms with van der Waals surface area (Å²) >= 11 is 11.1. The zero-order valence-corrected chi connectivity index (χ0v) is 8.62. The first-order chi connectivity index (χ1) is 6.85. The summed E-state index contributed by atoms with van der Waals surface area (Å²) in [6.45, 7) is 0.0256. The average molecular weight is 261 g/mol. The van der Waals surface area contributed by atoms with Crippen molar-refractivity contribution < 1.29 is 17.9 Å². The molecule has 0 atom stereocenters. The van der Waals surface area contributed by atoms with Crippen LogP contribution in [0.2, 0.25) is 10.0 Å². The van der Waals surface area contributed by atoms with Gasteiger partial charge in [-0.15, -0.1) is 13.2 Å². The lowest BCUT2D eigenvalue weighted by Crippen LogP contribution is -2.18. The Hall–Kier alpha value is -0.720. The van der Waals surface area contributed by atoms with Gasteiger partial charge in [-0.1, -0.05) is 23.2 Å². The van der Waals surface area contributed by atoms with Crippen molar-refractivity contribution in [3.8, 4) is 5.88 Å². The Morgan fingerprint density at radius 3 is 2.40 bits per heavy atom. The second-order valence-electron chi connectivity index (χ2n) is 2.47. The molecule has 84 valence electrons. The number of nitrogens with zero attached hydrogens (tertiary/aromatic N) is 1. The van der Waals surface area contributed by atoms with Gasteiger partial charge in [-0.2, -0.15) is 0 Å². The molecule has 0 radical (unpaired) electrons. The zero-order chi connectivity index (χ0) is 11.6. The van der Waals surface area contributed by atoms with E-state index in [9.17, 15) is 13.2 Å². The normalized spacial score (nSPS) is 11.6. The number of ether oxygens (including phenoxy) is 1. The van der Waals surface area contributed by atoms with Crippen LogP contribution in [0.3, 0.4) is 0 Å². The minimum atomic E-state index is -4.86. The predicted molar refractivity (Wildman–Crippen MR) is 48.8 cm³/mol. The molecule has 0 unspecified atom stereocenters. The Morgan fingerprint density at radius 2 is 1.93 bits per heavy atom. The molecule has 0 aromatic carbocycles. The summed E-state index contributed by atoms with van der Waals surface area (Å²) in [6, 6.07) is 0. The van der Waals surface area contributed by atoms with Crippen molar-refractivity contribution in [3.05, 3.63) is 21.8 Å². The van der Waals surface area contributed by atoms with E-state index >= 15 is 0 Å². The number of hydrogen-bond donors (Lipinski definition) is 1. The van der Waals surface area contributed by atoms with Crippen LogP contribution in [0.5, 0.6) is 5.88 Å². The van der Waals surface area contributed by atoms with Crippen molar-refractivity contribution in [3.63, 3.8) is 0 Å². The Labute approximate surface area is 92.9 Å². The first-order valence-electron chi connectivity index (χ1n) is 3.64. The van der Waals surface area contributed by atoms with Gasteiger partial charge in [0, 0.05) is 18.3 Å². The standard InChI is InChI=1S/C7H5Cl2F3N2O/c8-4-3(1-13)2-14-6(5(4)9)15-7(10,11)12/h2H,1,13H2. The van der Waals surface area contributed by atoms with Gasteiger partial charge in [0.1, 0.15) is 5.02 Å². The van der Waals surface area contributed by atoms with Crippen LogP contribution in [-0.4, -0.2) is 11.3 Å². The number of alkyl halides is 3. The van der Waals surface area contributed by atoms with Gasteiger partial charge in [0.05, 0.1) is 5.02 Å². The van der Waals surface area contributed by atoms with Crippen LogP contribution in [0.25, 0.3) is 0 Å². The fourth-order valence-corrected chi connectivity index (χ4v) is 1.22. The molecule has 1 rings (SSSR count). The third-order valence-corrected chi connectivity index (χ3v) is 2.31. The number of aromatic nitrogens is 1. The van der Waals surface area contributed by atoms with E-state index in [1.165, 1.54) is 0 Å². The highest BCUT2D eigenvalue weighted by Crippen LogP contribution is 2.35. The molecule has 1 aromatic heterocycles. The first-order valence-corrected chi connectivity index (χ1v) is 4.39. The van der Waals surface area contributed by atoms with E-state index < -0.39 is 17.3 Å². The highest BCUT2D eigenvalue weighted by Gasteiger charge is 2.33. The molecular formula is C7H5Cl2F3N2O. The minimum Gasteiger partial charge on any atom is -0.386 e. The highest BCUT2D eigenvalue weighted by molar-refractivity contribution is 6.43. The van der Waals surface area contributed by atoms with E-state index in [0.717, 1.165) is 6.20 Å². The molecule has 1 heterocycles. The van der Waals surface area contributed by atoms with Gasteiger partial charge in [0.25, 0.3) is 0 Å². The smallest absolute Gasteiger partial charge is 0.386 e. The van der Waals surface area contributed by atoms with Crippen LogP contribution >= 0.6 is 23.2 Å². The molecule has 8 heteroatoms. The molecule has 3 nitrogen and oxygen atoms in total. The van der Waals surface area contributed by atoms with Crippen LogP contribution in [0.4, 0.5) is 13.2 Å². The maximum atomic E-state index is 11.8. The number of hydrogen-bond acceptors (Lipinski definition) is 3. The fraction of sp³-hybridized carbons (Fsp3) is 0.286. The summed E-state index contributed by atoms with van der Waals surface area (Å²) in [5.74, 6) is -0.786. The number of nitrogens with two attached hydrogens (primary N) is 1. The van der Waals surface area contributed by atoms with Crippen molar-refractivity contribution in [2.75, 3.05) is 0 Å². The van der Waals surface area contributed by atoms with Crippen molar-refractivity contribution in [1.82, 2.24) is 4.98 Å². The second kappa shape index (κ2) is 4.42. The summed E-state index contributed by atoms with van der Waals surface area (Å²) in [5, 5.41) is -0.495. The summed E-state index contributed by atoms with van der Waals surface area (Å²) in [4.78, 5) is 3.36. The van der Waals surface area contributed by atoms with E-state index in [4.69, 9.17) is 28.9 Å². The van der Waals surface area contributed by atoms with E-state index in [-0.39, 0.29) is 11.6 Å². The molecule has 0 aliphatic carbocycles. The Balaban J connectivity index is 3.07. The summed E-state index contributed by atoms with van der Waals surface area (Å²) in [6.07, 6.45) is -3.78. The fourth-order valence-electron chi connectivity index (χ4n) is 0.808. The van der Waals surface area contributed by atoms with Crippen LogP contribution in [0.15, 0.2) is 6.20 Å². The lowest BCUT2D eigenvalue weighted by Gasteiger charge is -2.11.